The van der Waals surface area contributed by atoms with E-state index in [-0.39, 0.29) is 22.8 Å². The van der Waals surface area contributed by atoms with E-state index in [1.54, 1.807) is 4.57 Å². The number of benzene rings is 3. The first kappa shape index (κ1) is 22.0. The molecule has 1 N–H and O–H groups in total. The van der Waals surface area contributed by atoms with Crippen molar-refractivity contribution in [3.8, 4) is 0 Å². The largest absolute Gasteiger partial charge is 0.448 e. The lowest BCUT2D eigenvalue weighted by Crippen LogP contribution is -2.24. The third-order valence-electron chi connectivity index (χ3n) is 5.64. The molecule has 0 aliphatic heterocycles. The van der Waals surface area contributed by atoms with Crippen molar-refractivity contribution in [1.29, 1.82) is 0 Å². The van der Waals surface area contributed by atoms with Crippen LogP contribution in [0.3, 0.4) is 0 Å². The summed E-state index contributed by atoms with van der Waals surface area (Å²) in [6, 6.07) is 24.9. The fourth-order valence-electron chi connectivity index (χ4n) is 3.94. The minimum absolute atomic E-state index is 0.126. The van der Waals surface area contributed by atoms with Gasteiger partial charge in [0, 0.05) is 11.1 Å². The van der Waals surface area contributed by atoms with E-state index in [2.05, 4.69) is 12.2 Å². The van der Waals surface area contributed by atoms with Crippen LogP contribution >= 0.6 is 11.8 Å². The number of para-hydroxylation sites is 2. The lowest BCUT2D eigenvalue weighted by molar-refractivity contribution is -0.113. The number of nitrogens with one attached hydrogen (secondary N) is 1. The van der Waals surface area contributed by atoms with Crippen molar-refractivity contribution in [2.75, 3.05) is 11.1 Å². The average Bonchev–Trinajstić information content (AvgIpc) is 3.24. The molecule has 0 unspecified atom stereocenters. The Hall–Kier alpha value is -3.84. The second-order valence-corrected chi connectivity index (χ2v) is 8.84. The summed E-state index contributed by atoms with van der Waals surface area (Å²) < 4.78 is 7.44. The topological polar surface area (TPSA) is 77.1 Å². The molecule has 0 saturated heterocycles. The van der Waals surface area contributed by atoms with Crippen LogP contribution < -0.4 is 10.9 Å². The zero-order chi connectivity index (χ0) is 23.5. The van der Waals surface area contributed by atoms with Gasteiger partial charge in [0.15, 0.2) is 5.16 Å². The van der Waals surface area contributed by atoms with Crippen molar-refractivity contribution in [2.45, 2.75) is 25.0 Å². The van der Waals surface area contributed by atoms with E-state index in [9.17, 15) is 9.59 Å². The van der Waals surface area contributed by atoms with E-state index >= 15 is 0 Å². The Balaban J connectivity index is 1.50. The van der Waals surface area contributed by atoms with E-state index in [4.69, 9.17) is 9.40 Å². The summed E-state index contributed by atoms with van der Waals surface area (Å²) in [5.41, 5.74) is 3.94. The number of carbonyl (C=O) groups is 1. The third-order valence-corrected chi connectivity index (χ3v) is 6.61. The number of nitrogens with zero attached hydrogens (tertiary/aromatic N) is 2. The SMILES string of the molecule is CCc1ccccc1NC(=O)CSc1nc2c(oc3ccccc32)c(=O)n1Cc1ccccc1. The zero-order valence-electron chi connectivity index (χ0n) is 18.7. The molecule has 0 fully saturated rings. The molecule has 0 spiro atoms. The lowest BCUT2D eigenvalue weighted by atomic mass is 10.1. The predicted molar refractivity (Wildman–Crippen MR) is 136 cm³/mol. The summed E-state index contributed by atoms with van der Waals surface area (Å²) >= 11 is 1.25. The molecule has 7 heteroatoms. The molecular formula is C27H23N3O3S. The van der Waals surface area contributed by atoms with Gasteiger partial charge in [0.25, 0.3) is 5.56 Å². The number of carbonyl (C=O) groups excluding carboxylic acids is 1. The van der Waals surface area contributed by atoms with Crippen molar-refractivity contribution in [2.24, 2.45) is 0 Å². The predicted octanol–water partition coefficient (Wildman–Crippen LogP) is 5.48. The molecule has 6 nitrogen and oxygen atoms in total. The summed E-state index contributed by atoms with van der Waals surface area (Å²) in [5, 5.41) is 4.24. The second-order valence-electron chi connectivity index (χ2n) is 7.89. The Morgan fingerprint density at radius 1 is 1.00 bits per heavy atom. The van der Waals surface area contributed by atoms with E-state index in [1.807, 2.05) is 78.9 Å². The van der Waals surface area contributed by atoms with Crippen LogP contribution in [-0.2, 0) is 17.8 Å². The highest BCUT2D eigenvalue weighted by Gasteiger charge is 2.19. The number of fused-ring (bicyclic) bond motifs is 3. The first-order valence-electron chi connectivity index (χ1n) is 11.1. The normalized spacial score (nSPS) is 11.2. The molecule has 5 rings (SSSR count). The molecule has 170 valence electrons. The third kappa shape index (κ3) is 4.34. The number of rotatable bonds is 7. The molecular weight excluding hydrogens is 446 g/mol. The number of anilines is 1. The van der Waals surface area contributed by atoms with Gasteiger partial charge >= 0.3 is 0 Å². The van der Waals surface area contributed by atoms with E-state index < -0.39 is 0 Å². The summed E-state index contributed by atoms with van der Waals surface area (Å²) in [7, 11) is 0. The highest BCUT2D eigenvalue weighted by molar-refractivity contribution is 7.99. The second kappa shape index (κ2) is 9.57. The van der Waals surface area contributed by atoms with Crippen LogP contribution in [0.25, 0.3) is 22.1 Å². The molecule has 0 aliphatic carbocycles. The Morgan fingerprint density at radius 3 is 2.56 bits per heavy atom. The van der Waals surface area contributed by atoms with Gasteiger partial charge < -0.3 is 9.73 Å². The number of hydrogen-bond acceptors (Lipinski definition) is 5. The molecule has 5 aromatic rings. The van der Waals surface area contributed by atoms with Crippen LogP contribution in [0.2, 0.25) is 0 Å². The number of aromatic nitrogens is 2. The van der Waals surface area contributed by atoms with Crippen LogP contribution in [0.4, 0.5) is 5.69 Å². The van der Waals surface area contributed by atoms with Crippen LogP contribution in [0.5, 0.6) is 0 Å². The van der Waals surface area contributed by atoms with Gasteiger partial charge in [-0.15, -0.1) is 0 Å². The standard InChI is InChI=1S/C27H23N3O3S/c1-2-19-12-6-8-14-21(19)28-23(31)17-34-27-29-24-20-13-7-9-15-22(20)33-25(24)26(32)30(27)16-18-10-4-3-5-11-18/h3-15H,2,16-17H2,1H3,(H,28,31). The minimum atomic E-state index is -0.260. The molecule has 0 radical (unpaired) electrons. The average molecular weight is 470 g/mol. The minimum Gasteiger partial charge on any atom is -0.448 e. The summed E-state index contributed by atoms with van der Waals surface area (Å²) in [4.78, 5) is 31.0. The Kier molecular flexibility index (Phi) is 6.18. The monoisotopic (exact) mass is 469 g/mol. The molecule has 0 aliphatic rings. The fraction of sp³-hybridized carbons (Fsp3) is 0.148. The zero-order valence-corrected chi connectivity index (χ0v) is 19.5. The number of thioether (sulfide) groups is 1. The van der Waals surface area contributed by atoms with Crippen molar-refractivity contribution in [3.05, 3.63) is 100 Å². The number of aryl methyl sites for hydroxylation is 1. The van der Waals surface area contributed by atoms with Crippen LogP contribution in [0, 0.1) is 0 Å². The number of furan rings is 1. The van der Waals surface area contributed by atoms with Gasteiger partial charge in [-0.25, -0.2) is 4.98 Å². The summed E-state index contributed by atoms with van der Waals surface area (Å²) in [6.07, 6.45) is 0.825. The molecule has 3 aromatic carbocycles. The Morgan fingerprint density at radius 2 is 1.74 bits per heavy atom. The van der Waals surface area contributed by atoms with Crippen molar-refractivity contribution < 1.29 is 9.21 Å². The van der Waals surface area contributed by atoms with E-state index in [0.717, 1.165) is 28.6 Å². The van der Waals surface area contributed by atoms with Gasteiger partial charge in [-0.1, -0.05) is 79.3 Å². The van der Waals surface area contributed by atoms with Crippen LogP contribution in [0.15, 0.2) is 93.2 Å². The molecule has 0 bridgehead atoms. The van der Waals surface area contributed by atoms with Crippen molar-refractivity contribution in [1.82, 2.24) is 9.55 Å². The van der Waals surface area contributed by atoms with Crippen molar-refractivity contribution >= 4 is 45.4 Å². The Bertz CT molecular complexity index is 1540. The van der Waals surface area contributed by atoms with Gasteiger partial charge in [-0.2, -0.15) is 0 Å². The molecule has 0 saturated carbocycles. The van der Waals surface area contributed by atoms with Crippen molar-refractivity contribution in [3.63, 3.8) is 0 Å². The first-order valence-corrected chi connectivity index (χ1v) is 12.1. The maximum atomic E-state index is 13.5. The van der Waals surface area contributed by atoms with Crippen LogP contribution in [-0.4, -0.2) is 21.2 Å². The quantitative estimate of drug-likeness (QED) is 0.252. The smallest absolute Gasteiger partial charge is 0.298 e. The fourth-order valence-corrected chi connectivity index (χ4v) is 4.73. The maximum absolute atomic E-state index is 13.5. The first-order chi connectivity index (χ1) is 16.6. The lowest BCUT2D eigenvalue weighted by Gasteiger charge is -2.13. The number of hydrogen-bond donors (Lipinski definition) is 1. The van der Waals surface area contributed by atoms with E-state index in [0.29, 0.717) is 22.8 Å². The van der Waals surface area contributed by atoms with E-state index in [1.165, 1.54) is 11.8 Å². The Labute approximate surface area is 200 Å². The summed E-state index contributed by atoms with van der Waals surface area (Å²) in [5.74, 6) is -0.0239. The van der Waals surface area contributed by atoms with Gasteiger partial charge in [-0.05, 0) is 35.7 Å². The molecule has 1 amide bonds. The maximum Gasteiger partial charge on any atom is 0.298 e. The summed E-state index contributed by atoms with van der Waals surface area (Å²) in [6.45, 7) is 2.39. The highest BCUT2D eigenvalue weighted by atomic mass is 32.2. The van der Waals surface area contributed by atoms with Gasteiger partial charge in [0.1, 0.15) is 11.1 Å². The molecule has 2 aromatic heterocycles. The van der Waals surface area contributed by atoms with Crippen LogP contribution in [0.1, 0.15) is 18.1 Å². The van der Waals surface area contributed by atoms with Gasteiger partial charge in [0.05, 0.1) is 12.3 Å². The number of amides is 1. The molecule has 2 heterocycles. The highest BCUT2D eigenvalue weighted by Crippen LogP contribution is 2.28. The van der Waals surface area contributed by atoms with Gasteiger partial charge in [0.2, 0.25) is 11.5 Å². The van der Waals surface area contributed by atoms with Gasteiger partial charge in [-0.3, -0.25) is 14.2 Å². The molecule has 0 atom stereocenters. The molecule has 34 heavy (non-hydrogen) atoms.